The Morgan fingerprint density at radius 2 is 1.70 bits per heavy atom. The monoisotopic (exact) mass is 484 g/mol. The highest BCUT2D eigenvalue weighted by atomic mass is 32.2. The molecule has 0 bridgehead atoms. The minimum atomic E-state index is -4.42. The zero-order chi connectivity index (χ0) is 23.3. The quantitative estimate of drug-likeness (QED) is 0.558. The van der Waals surface area contributed by atoms with Gasteiger partial charge in [0.05, 0.1) is 19.0 Å². The van der Waals surface area contributed by atoms with E-state index in [0.29, 0.717) is 39.4 Å². The van der Waals surface area contributed by atoms with Gasteiger partial charge in [0.2, 0.25) is 11.9 Å². The molecule has 0 spiro atoms. The molecule has 2 aromatic rings. The molecule has 0 atom stereocenters. The minimum Gasteiger partial charge on any atom is -0.378 e. The Hall–Kier alpha value is -2.31. The first-order valence-corrected chi connectivity index (χ1v) is 11.9. The fourth-order valence-corrected chi connectivity index (χ4v) is 4.75. The number of halogens is 3. The molecule has 1 amide bonds. The summed E-state index contributed by atoms with van der Waals surface area (Å²) in [6.07, 6.45) is -4.42. The maximum Gasteiger partial charge on any atom is 0.406 e. The summed E-state index contributed by atoms with van der Waals surface area (Å²) >= 11 is 1.00. The minimum absolute atomic E-state index is 0.0256. The Balaban J connectivity index is 1.32. The van der Waals surface area contributed by atoms with Gasteiger partial charge in [0, 0.05) is 45.8 Å². The van der Waals surface area contributed by atoms with Crippen LogP contribution in [0.2, 0.25) is 0 Å². The van der Waals surface area contributed by atoms with Crippen LogP contribution in [-0.2, 0) is 22.6 Å². The third kappa shape index (κ3) is 6.61. The molecule has 1 aromatic carbocycles. The van der Waals surface area contributed by atoms with Crippen LogP contribution in [0.25, 0.3) is 0 Å². The maximum absolute atomic E-state index is 13.2. The van der Waals surface area contributed by atoms with E-state index in [-0.39, 0.29) is 22.8 Å². The maximum atomic E-state index is 13.2. The zero-order valence-electron chi connectivity index (χ0n) is 18.2. The molecule has 0 saturated carbocycles. The van der Waals surface area contributed by atoms with Gasteiger partial charge in [0.25, 0.3) is 0 Å². The molecule has 0 unspecified atom stereocenters. The smallest absolute Gasteiger partial charge is 0.378 e. The fraction of sp³-hybridized carbons (Fsp3) is 0.571. The molecule has 33 heavy (non-hydrogen) atoms. The largest absolute Gasteiger partial charge is 0.406 e. The lowest BCUT2D eigenvalue weighted by Gasteiger charge is -2.34. The highest BCUT2D eigenvalue weighted by Gasteiger charge is 2.33. The predicted molar refractivity (Wildman–Crippen MR) is 118 cm³/mol. The first kappa shape index (κ1) is 23.8. The Bertz CT molecular complexity index is 912. The summed E-state index contributed by atoms with van der Waals surface area (Å²) in [7, 11) is 0. The molecule has 8 nitrogen and oxygen atoms in total. The molecule has 1 aromatic heterocycles. The highest BCUT2D eigenvalue weighted by molar-refractivity contribution is 7.99. The van der Waals surface area contributed by atoms with Gasteiger partial charge < -0.3 is 14.5 Å². The predicted octanol–water partition coefficient (Wildman–Crippen LogP) is 2.11. The number of carbonyl (C=O) groups excluding carboxylic acids is 1. The average molecular weight is 485 g/mol. The van der Waals surface area contributed by atoms with Crippen molar-refractivity contribution in [2.75, 3.05) is 63.1 Å². The number of aromatic nitrogens is 3. The second-order valence-corrected chi connectivity index (χ2v) is 8.96. The Morgan fingerprint density at radius 3 is 2.36 bits per heavy atom. The van der Waals surface area contributed by atoms with E-state index in [1.807, 2.05) is 18.2 Å². The van der Waals surface area contributed by atoms with E-state index >= 15 is 0 Å². The average Bonchev–Trinajstić information content (AvgIpc) is 3.20. The van der Waals surface area contributed by atoms with Gasteiger partial charge in [-0.25, -0.2) is 0 Å². The van der Waals surface area contributed by atoms with Crippen LogP contribution in [0.1, 0.15) is 5.56 Å². The lowest BCUT2D eigenvalue weighted by atomic mass is 10.2. The lowest BCUT2D eigenvalue weighted by Crippen LogP contribution is -2.48. The Kier molecular flexibility index (Phi) is 7.76. The standard InChI is InChI=1S/C21H27F3N6O2S/c22-21(23,24)16-30-19(29-10-12-32-13-11-29)25-26-20(30)33-15-18(31)28-8-6-27(7-9-28)14-17-4-2-1-3-5-17/h1-5H,6-16H2. The van der Waals surface area contributed by atoms with E-state index < -0.39 is 12.7 Å². The van der Waals surface area contributed by atoms with Crippen molar-refractivity contribution in [3.63, 3.8) is 0 Å². The molecular weight excluding hydrogens is 457 g/mol. The van der Waals surface area contributed by atoms with Crippen LogP contribution in [0, 0.1) is 0 Å². The van der Waals surface area contributed by atoms with Gasteiger partial charge >= 0.3 is 6.18 Å². The highest BCUT2D eigenvalue weighted by Crippen LogP contribution is 2.28. The summed E-state index contributed by atoms with van der Waals surface area (Å²) in [5, 5.41) is 8.06. The van der Waals surface area contributed by atoms with Crippen molar-refractivity contribution >= 4 is 23.6 Å². The van der Waals surface area contributed by atoms with Crippen molar-refractivity contribution < 1.29 is 22.7 Å². The summed E-state index contributed by atoms with van der Waals surface area (Å²) < 4.78 is 46.0. The fourth-order valence-electron chi connectivity index (χ4n) is 3.92. The molecule has 2 aliphatic heterocycles. The van der Waals surface area contributed by atoms with Gasteiger partial charge in [-0.3, -0.25) is 14.3 Å². The zero-order valence-corrected chi connectivity index (χ0v) is 19.0. The van der Waals surface area contributed by atoms with E-state index in [4.69, 9.17) is 4.74 Å². The topological polar surface area (TPSA) is 66.7 Å². The number of nitrogens with zero attached hydrogens (tertiary/aromatic N) is 6. The van der Waals surface area contributed by atoms with Gasteiger partial charge in [0.15, 0.2) is 5.16 Å². The van der Waals surface area contributed by atoms with E-state index in [9.17, 15) is 18.0 Å². The number of morpholine rings is 1. The Morgan fingerprint density at radius 1 is 1.00 bits per heavy atom. The number of amides is 1. The van der Waals surface area contributed by atoms with Gasteiger partial charge in [-0.05, 0) is 5.56 Å². The number of rotatable bonds is 7. The second-order valence-electron chi connectivity index (χ2n) is 8.01. The van der Waals surface area contributed by atoms with Crippen LogP contribution in [0.3, 0.4) is 0 Å². The van der Waals surface area contributed by atoms with Crippen LogP contribution in [0.5, 0.6) is 0 Å². The third-order valence-corrected chi connectivity index (χ3v) is 6.58. The molecule has 0 N–H and O–H groups in total. The van der Waals surface area contributed by atoms with E-state index in [2.05, 4.69) is 27.2 Å². The molecule has 4 rings (SSSR count). The molecule has 180 valence electrons. The van der Waals surface area contributed by atoms with Gasteiger partial charge in [-0.15, -0.1) is 10.2 Å². The van der Waals surface area contributed by atoms with E-state index in [1.165, 1.54) is 5.56 Å². The number of ether oxygens (including phenoxy) is 1. The second kappa shape index (κ2) is 10.7. The van der Waals surface area contributed by atoms with Crippen molar-refractivity contribution in [3.8, 4) is 0 Å². The number of carbonyl (C=O) groups is 1. The first-order chi connectivity index (χ1) is 15.9. The summed E-state index contributed by atoms with van der Waals surface area (Å²) in [5.74, 6) is 0.0894. The Labute approximate surface area is 194 Å². The van der Waals surface area contributed by atoms with Gasteiger partial charge in [0.1, 0.15) is 6.54 Å². The normalized spacial score (nSPS) is 18.0. The van der Waals surface area contributed by atoms with Crippen LogP contribution in [0.15, 0.2) is 35.5 Å². The molecule has 0 aliphatic carbocycles. The molecule has 12 heteroatoms. The molecular formula is C21H27F3N6O2S. The van der Waals surface area contributed by atoms with Crippen molar-refractivity contribution in [1.82, 2.24) is 24.6 Å². The summed E-state index contributed by atoms with van der Waals surface area (Å²) in [5.41, 5.74) is 1.23. The number of piperazine rings is 1. The number of hydrogen-bond acceptors (Lipinski definition) is 7. The lowest BCUT2D eigenvalue weighted by molar-refractivity contribution is -0.141. The first-order valence-electron chi connectivity index (χ1n) is 10.9. The number of benzene rings is 1. The van der Waals surface area contributed by atoms with Crippen molar-refractivity contribution in [2.24, 2.45) is 0 Å². The number of anilines is 1. The summed E-state index contributed by atoms with van der Waals surface area (Å²) in [6.45, 7) is 4.12. The third-order valence-electron chi connectivity index (χ3n) is 5.63. The van der Waals surface area contributed by atoms with Crippen molar-refractivity contribution in [1.29, 1.82) is 0 Å². The van der Waals surface area contributed by atoms with Crippen molar-refractivity contribution in [3.05, 3.63) is 35.9 Å². The van der Waals surface area contributed by atoms with Crippen LogP contribution in [0.4, 0.5) is 19.1 Å². The van der Waals surface area contributed by atoms with Crippen LogP contribution in [-0.4, -0.2) is 94.9 Å². The van der Waals surface area contributed by atoms with Gasteiger partial charge in [-0.2, -0.15) is 13.2 Å². The molecule has 2 aliphatic rings. The molecule has 0 radical (unpaired) electrons. The van der Waals surface area contributed by atoms with E-state index in [0.717, 1.165) is 36.0 Å². The van der Waals surface area contributed by atoms with Crippen LogP contribution >= 0.6 is 11.8 Å². The van der Waals surface area contributed by atoms with Gasteiger partial charge in [-0.1, -0.05) is 42.1 Å². The molecule has 3 heterocycles. The number of alkyl halides is 3. The van der Waals surface area contributed by atoms with E-state index in [1.54, 1.807) is 9.80 Å². The SMILES string of the molecule is O=C(CSc1nnc(N2CCOCC2)n1CC(F)(F)F)N1CCN(Cc2ccccc2)CC1. The van der Waals surface area contributed by atoms with Crippen molar-refractivity contribution in [2.45, 2.75) is 24.4 Å². The molecule has 2 saturated heterocycles. The van der Waals surface area contributed by atoms with Crippen LogP contribution < -0.4 is 4.90 Å². The molecule has 2 fully saturated rings. The number of thioether (sulfide) groups is 1. The summed E-state index contributed by atoms with van der Waals surface area (Å²) in [6, 6.07) is 10.2. The summed E-state index contributed by atoms with van der Waals surface area (Å²) in [4.78, 5) is 18.5. The number of hydrogen-bond donors (Lipinski definition) is 0.